The van der Waals surface area contributed by atoms with Gasteiger partial charge >= 0.3 is 5.97 Å². The third-order valence-corrected chi connectivity index (χ3v) is 3.28. The highest BCUT2D eigenvalue weighted by Crippen LogP contribution is 2.28. The summed E-state index contributed by atoms with van der Waals surface area (Å²) < 4.78 is 5.18. The monoisotopic (exact) mass is 242 g/mol. The number of carbonyl (C=O) groups excluding carboxylic acids is 1. The minimum absolute atomic E-state index is 0.138. The molecule has 0 bridgehead atoms. The lowest BCUT2D eigenvalue weighted by Gasteiger charge is -2.33. The van der Waals surface area contributed by atoms with Gasteiger partial charge in [-0.05, 0) is 39.8 Å². The normalized spacial score (nSPS) is 19.1. The Bertz CT molecular complexity index is 254. The molecule has 1 unspecified atom stereocenters. The van der Waals surface area contributed by atoms with Gasteiger partial charge in [0.15, 0.2) is 0 Å². The van der Waals surface area contributed by atoms with Gasteiger partial charge in [-0.2, -0.15) is 0 Å². The van der Waals surface area contributed by atoms with E-state index in [0.717, 1.165) is 19.6 Å². The Kier molecular flexibility index (Phi) is 5.40. The van der Waals surface area contributed by atoms with Crippen molar-refractivity contribution in [3.8, 4) is 0 Å². The van der Waals surface area contributed by atoms with Gasteiger partial charge in [0.2, 0.25) is 0 Å². The third-order valence-electron chi connectivity index (χ3n) is 3.28. The van der Waals surface area contributed by atoms with E-state index in [0.29, 0.717) is 12.6 Å². The number of esters is 1. The molecule has 1 saturated carbocycles. The molecule has 1 atom stereocenters. The van der Waals surface area contributed by atoms with Crippen LogP contribution in [0.4, 0.5) is 0 Å². The first-order valence-electron chi connectivity index (χ1n) is 6.73. The molecule has 0 heterocycles. The molecule has 0 aromatic rings. The number of ether oxygens (including phenoxy) is 1. The van der Waals surface area contributed by atoms with Crippen LogP contribution in [0.1, 0.15) is 40.5 Å². The van der Waals surface area contributed by atoms with E-state index in [1.807, 2.05) is 20.8 Å². The van der Waals surface area contributed by atoms with E-state index in [4.69, 9.17) is 4.74 Å². The van der Waals surface area contributed by atoms with Crippen LogP contribution in [0.25, 0.3) is 0 Å². The largest absolute Gasteiger partial charge is 0.465 e. The lowest BCUT2D eigenvalue weighted by molar-refractivity contribution is -0.151. The van der Waals surface area contributed by atoms with Crippen LogP contribution in [0.15, 0.2) is 0 Å². The summed E-state index contributed by atoms with van der Waals surface area (Å²) in [5.74, 6) is -0.138. The molecule has 1 fully saturated rings. The molecule has 0 aliphatic heterocycles. The van der Waals surface area contributed by atoms with Crippen LogP contribution in [-0.4, -0.2) is 48.7 Å². The van der Waals surface area contributed by atoms with Crippen molar-refractivity contribution in [1.82, 2.24) is 10.2 Å². The molecule has 1 rings (SSSR count). The summed E-state index contributed by atoms with van der Waals surface area (Å²) in [6.07, 6.45) is 2.53. The molecular weight excluding hydrogens is 216 g/mol. The fourth-order valence-corrected chi connectivity index (χ4v) is 2.22. The topological polar surface area (TPSA) is 41.6 Å². The van der Waals surface area contributed by atoms with Crippen LogP contribution in [0.2, 0.25) is 0 Å². The van der Waals surface area contributed by atoms with E-state index in [-0.39, 0.29) is 5.97 Å². The number of carbonyl (C=O) groups is 1. The van der Waals surface area contributed by atoms with E-state index in [1.54, 1.807) is 0 Å². The van der Waals surface area contributed by atoms with Crippen molar-refractivity contribution < 1.29 is 9.53 Å². The second-order valence-electron chi connectivity index (χ2n) is 4.88. The summed E-state index contributed by atoms with van der Waals surface area (Å²) in [6.45, 7) is 10.9. The van der Waals surface area contributed by atoms with Gasteiger partial charge in [0, 0.05) is 12.6 Å². The molecule has 1 N–H and O–H groups in total. The standard InChI is InChI=1S/C13H26N2O2/c1-5-14-13(4,12(16)17-7-3)10-15(6-2)11-8-9-11/h11,14H,5-10H2,1-4H3. The molecule has 0 radical (unpaired) electrons. The highest BCUT2D eigenvalue weighted by atomic mass is 16.5. The molecule has 4 heteroatoms. The highest BCUT2D eigenvalue weighted by Gasteiger charge is 2.39. The minimum atomic E-state index is -0.580. The van der Waals surface area contributed by atoms with Gasteiger partial charge in [0.05, 0.1) is 6.61 Å². The highest BCUT2D eigenvalue weighted by molar-refractivity contribution is 5.80. The van der Waals surface area contributed by atoms with E-state index in [2.05, 4.69) is 17.1 Å². The Labute approximate surface area is 105 Å². The maximum Gasteiger partial charge on any atom is 0.327 e. The first-order valence-corrected chi connectivity index (χ1v) is 6.73. The molecule has 1 aliphatic carbocycles. The summed E-state index contributed by atoms with van der Waals surface area (Å²) >= 11 is 0. The predicted octanol–water partition coefficient (Wildman–Crippen LogP) is 1.40. The van der Waals surface area contributed by atoms with Crippen molar-refractivity contribution in [3.63, 3.8) is 0 Å². The Morgan fingerprint density at radius 3 is 2.47 bits per heavy atom. The number of hydrogen-bond acceptors (Lipinski definition) is 4. The van der Waals surface area contributed by atoms with Crippen LogP contribution in [-0.2, 0) is 9.53 Å². The second kappa shape index (κ2) is 6.36. The molecule has 17 heavy (non-hydrogen) atoms. The number of nitrogens with one attached hydrogen (secondary N) is 1. The molecule has 0 amide bonds. The SMILES string of the molecule is CCNC(C)(CN(CC)C1CC1)C(=O)OCC. The Hall–Kier alpha value is -0.610. The van der Waals surface area contributed by atoms with Gasteiger partial charge in [0.25, 0.3) is 0 Å². The number of nitrogens with zero attached hydrogens (tertiary/aromatic N) is 1. The van der Waals surface area contributed by atoms with E-state index >= 15 is 0 Å². The maximum atomic E-state index is 12.0. The second-order valence-corrected chi connectivity index (χ2v) is 4.88. The van der Waals surface area contributed by atoms with Crippen LogP contribution < -0.4 is 5.32 Å². The fraction of sp³-hybridized carbons (Fsp3) is 0.923. The lowest BCUT2D eigenvalue weighted by Crippen LogP contribution is -2.58. The third kappa shape index (κ3) is 3.96. The van der Waals surface area contributed by atoms with Gasteiger partial charge in [0.1, 0.15) is 5.54 Å². The number of hydrogen-bond donors (Lipinski definition) is 1. The Balaban J connectivity index is 2.64. The number of likely N-dealkylation sites (N-methyl/N-ethyl adjacent to an activating group) is 2. The van der Waals surface area contributed by atoms with Crippen LogP contribution in [0.3, 0.4) is 0 Å². The number of rotatable bonds is 8. The van der Waals surface area contributed by atoms with Gasteiger partial charge in [-0.25, -0.2) is 0 Å². The molecule has 1 aliphatic rings. The zero-order valence-electron chi connectivity index (χ0n) is 11.6. The Morgan fingerprint density at radius 2 is 2.06 bits per heavy atom. The molecule has 4 nitrogen and oxygen atoms in total. The Morgan fingerprint density at radius 1 is 1.41 bits per heavy atom. The predicted molar refractivity (Wildman–Crippen MR) is 69.0 cm³/mol. The average Bonchev–Trinajstić information content (AvgIpc) is 3.10. The van der Waals surface area contributed by atoms with Crippen molar-refractivity contribution in [3.05, 3.63) is 0 Å². The zero-order chi connectivity index (χ0) is 12.9. The molecule has 0 aromatic carbocycles. The molecule has 0 spiro atoms. The first-order chi connectivity index (χ1) is 8.07. The summed E-state index contributed by atoms with van der Waals surface area (Å²) in [5, 5.41) is 3.27. The van der Waals surface area contributed by atoms with Gasteiger partial charge < -0.3 is 10.1 Å². The summed E-state index contributed by atoms with van der Waals surface area (Å²) in [5.41, 5.74) is -0.580. The summed E-state index contributed by atoms with van der Waals surface area (Å²) in [7, 11) is 0. The van der Waals surface area contributed by atoms with Crippen molar-refractivity contribution in [1.29, 1.82) is 0 Å². The first kappa shape index (κ1) is 14.5. The molecule has 100 valence electrons. The minimum Gasteiger partial charge on any atom is -0.465 e. The van der Waals surface area contributed by atoms with E-state index in [9.17, 15) is 4.79 Å². The van der Waals surface area contributed by atoms with Crippen LogP contribution in [0, 0.1) is 0 Å². The fourth-order valence-electron chi connectivity index (χ4n) is 2.22. The summed E-state index contributed by atoms with van der Waals surface area (Å²) in [4.78, 5) is 14.4. The van der Waals surface area contributed by atoms with Crippen LogP contribution in [0.5, 0.6) is 0 Å². The van der Waals surface area contributed by atoms with Crippen LogP contribution >= 0.6 is 0 Å². The van der Waals surface area contributed by atoms with Crippen molar-refractivity contribution in [2.75, 3.05) is 26.2 Å². The molecule has 0 aromatic heterocycles. The maximum absolute atomic E-state index is 12.0. The smallest absolute Gasteiger partial charge is 0.327 e. The quantitative estimate of drug-likeness (QED) is 0.653. The van der Waals surface area contributed by atoms with E-state index < -0.39 is 5.54 Å². The lowest BCUT2D eigenvalue weighted by atomic mass is 10.0. The zero-order valence-corrected chi connectivity index (χ0v) is 11.6. The van der Waals surface area contributed by atoms with Crippen molar-refractivity contribution in [2.24, 2.45) is 0 Å². The molecular formula is C13H26N2O2. The van der Waals surface area contributed by atoms with Gasteiger partial charge in [-0.15, -0.1) is 0 Å². The molecule has 0 saturated heterocycles. The van der Waals surface area contributed by atoms with Gasteiger partial charge in [-0.3, -0.25) is 9.69 Å². The summed E-state index contributed by atoms with van der Waals surface area (Å²) in [6, 6.07) is 0.674. The average molecular weight is 242 g/mol. The van der Waals surface area contributed by atoms with Gasteiger partial charge in [-0.1, -0.05) is 13.8 Å². The van der Waals surface area contributed by atoms with Crippen molar-refractivity contribution >= 4 is 5.97 Å². The van der Waals surface area contributed by atoms with E-state index in [1.165, 1.54) is 12.8 Å². The van der Waals surface area contributed by atoms with Crippen molar-refractivity contribution in [2.45, 2.75) is 52.1 Å².